The maximum Gasteiger partial charge on any atom is 0.315 e. The molecule has 3 aromatic rings. The molecule has 3 saturated carbocycles. The van der Waals surface area contributed by atoms with Crippen LogP contribution in [-0.2, 0) is 6.54 Å². The van der Waals surface area contributed by atoms with Gasteiger partial charge in [-0.25, -0.2) is 9.78 Å². The summed E-state index contributed by atoms with van der Waals surface area (Å²) >= 11 is 0. The molecule has 1 aromatic heterocycles. The summed E-state index contributed by atoms with van der Waals surface area (Å²) < 4.78 is 2.22. The van der Waals surface area contributed by atoms with E-state index in [0.717, 1.165) is 49.8 Å². The van der Waals surface area contributed by atoms with Gasteiger partial charge in [0.05, 0.1) is 30.4 Å². The molecule has 1 aliphatic heterocycles. The second-order valence-electron chi connectivity index (χ2n) is 10.5. The van der Waals surface area contributed by atoms with Crippen LogP contribution >= 0.6 is 0 Å². The van der Waals surface area contributed by atoms with Crippen molar-refractivity contribution in [2.45, 2.75) is 69.2 Å². The number of hydrogen-bond donors (Lipinski definition) is 3. The number of aliphatic hydroxyl groups is 1. The van der Waals surface area contributed by atoms with E-state index in [1.807, 2.05) is 42.9 Å². The molecule has 2 bridgehead atoms. The van der Waals surface area contributed by atoms with E-state index in [-0.39, 0.29) is 29.1 Å². The number of nitrogens with one attached hydrogen (secondary N) is 2. The molecule has 0 radical (unpaired) electrons. The van der Waals surface area contributed by atoms with Crippen LogP contribution in [0.4, 0.5) is 4.79 Å². The molecule has 0 saturated heterocycles. The Kier molecular flexibility index (Phi) is 5.21. The highest BCUT2D eigenvalue weighted by atomic mass is 16.3. The lowest BCUT2D eigenvalue weighted by atomic mass is 9.54. The molecule has 3 N–H and O–H groups in total. The number of benzene rings is 2. The number of aromatic nitrogens is 2. The van der Waals surface area contributed by atoms with Gasteiger partial charge in [0.2, 0.25) is 0 Å². The van der Waals surface area contributed by atoms with Gasteiger partial charge in [-0.3, -0.25) is 0 Å². The normalized spacial score (nSPS) is 27.6. The zero-order valence-electron chi connectivity index (χ0n) is 19.4. The Hall–Kier alpha value is -3.12. The highest BCUT2D eigenvalue weighted by Crippen LogP contribution is 2.56. The lowest BCUT2D eigenvalue weighted by Crippen LogP contribution is -2.60. The molecule has 0 spiro atoms. The largest absolute Gasteiger partial charge is 0.392 e. The fourth-order valence-electron chi connectivity index (χ4n) is 6.60. The van der Waals surface area contributed by atoms with Crippen molar-refractivity contribution in [1.29, 1.82) is 0 Å². The molecule has 2 unspecified atom stereocenters. The molecule has 4 aliphatic rings. The number of carbonyl (C=O) groups excluding carboxylic acids is 1. The zero-order valence-corrected chi connectivity index (χ0v) is 19.4. The number of carbonyl (C=O) groups is 1. The Morgan fingerprint density at radius 2 is 1.74 bits per heavy atom. The molecule has 7 rings (SSSR count). The Bertz CT molecular complexity index is 1160. The first kappa shape index (κ1) is 21.4. The van der Waals surface area contributed by atoms with Gasteiger partial charge in [0.25, 0.3) is 0 Å². The highest BCUT2D eigenvalue weighted by Gasteiger charge is 2.53. The molecule has 6 nitrogen and oxygen atoms in total. The zero-order chi connectivity index (χ0) is 23.2. The highest BCUT2D eigenvalue weighted by molar-refractivity contribution is 5.75. The van der Waals surface area contributed by atoms with Gasteiger partial charge in [0, 0.05) is 17.6 Å². The number of rotatable bonds is 6. The van der Waals surface area contributed by atoms with Crippen LogP contribution in [0.25, 0.3) is 11.3 Å². The lowest BCUT2D eigenvalue weighted by Gasteiger charge is -2.55. The van der Waals surface area contributed by atoms with Crippen molar-refractivity contribution in [3.05, 3.63) is 78.2 Å². The van der Waals surface area contributed by atoms with Crippen LogP contribution in [0.2, 0.25) is 0 Å². The molecule has 2 heterocycles. The summed E-state index contributed by atoms with van der Waals surface area (Å²) in [6, 6.07) is 18.5. The van der Waals surface area contributed by atoms with Crippen LogP contribution in [0.1, 0.15) is 62.1 Å². The summed E-state index contributed by atoms with van der Waals surface area (Å²) in [4.78, 5) is 17.0. The lowest BCUT2D eigenvalue weighted by molar-refractivity contribution is -0.0734. The standard InChI is InChI=1S/C28H32N4O2/c33-25(16-23-21-8-4-5-9-22(21)24-18-29-19-32(23)24)27-10-13-28(14-11-27,15-12-27)31-26(34)30-17-20-6-2-1-3-7-20/h1-9,18-19,23,25,33H,10-17H2,(H2,30,31,34). The Balaban J connectivity index is 1.09. The Morgan fingerprint density at radius 3 is 2.50 bits per heavy atom. The summed E-state index contributed by atoms with van der Waals surface area (Å²) in [6.07, 6.45) is 9.82. The van der Waals surface area contributed by atoms with Gasteiger partial charge in [0.1, 0.15) is 0 Å². The Labute approximate surface area is 200 Å². The average Bonchev–Trinajstić information content (AvgIpc) is 3.47. The number of urea groups is 1. The number of imidazole rings is 1. The monoisotopic (exact) mass is 456 g/mol. The summed E-state index contributed by atoms with van der Waals surface area (Å²) in [5.41, 5.74) is 4.56. The smallest absolute Gasteiger partial charge is 0.315 e. The van der Waals surface area contributed by atoms with E-state index in [4.69, 9.17) is 0 Å². The fourth-order valence-corrected chi connectivity index (χ4v) is 6.60. The molecule has 2 atom stereocenters. The summed E-state index contributed by atoms with van der Waals surface area (Å²) in [5.74, 6) is 0. The van der Waals surface area contributed by atoms with Crippen molar-refractivity contribution in [2.24, 2.45) is 5.41 Å². The third-order valence-electron chi connectivity index (χ3n) is 8.73. The van der Waals surface area contributed by atoms with Gasteiger partial charge in [-0.1, -0.05) is 54.6 Å². The van der Waals surface area contributed by atoms with Gasteiger partial charge in [-0.2, -0.15) is 0 Å². The van der Waals surface area contributed by atoms with Gasteiger partial charge >= 0.3 is 6.03 Å². The van der Waals surface area contributed by atoms with E-state index >= 15 is 0 Å². The molecule has 2 aromatic carbocycles. The van der Waals surface area contributed by atoms with E-state index in [0.29, 0.717) is 13.0 Å². The minimum atomic E-state index is -0.371. The van der Waals surface area contributed by atoms with Crippen LogP contribution < -0.4 is 10.6 Å². The number of aliphatic hydroxyl groups excluding tert-OH is 1. The van der Waals surface area contributed by atoms with E-state index < -0.39 is 0 Å². The molecule has 34 heavy (non-hydrogen) atoms. The number of amides is 2. The molecular formula is C28H32N4O2. The molecule has 2 amide bonds. The van der Waals surface area contributed by atoms with Crippen molar-refractivity contribution in [1.82, 2.24) is 20.2 Å². The average molecular weight is 457 g/mol. The number of hydrogen-bond acceptors (Lipinski definition) is 3. The maximum absolute atomic E-state index is 12.6. The first-order valence-corrected chi connectivity index (χ1v) is 12.5. The van der Waals surface area contributed by atoms with Crippen LogP contribution in [0.15, 0.2) is 67.1 Å². The second kappa shape index (κ2) is 8.27. The summed E-state index contributed by atoms with van der Waals surface area (Å²) in [6.45, 7) is 0.532. The summed E-state index contributed by atoms with van der Waals surface area (Å²) in [5, 5.41) is 17.9. The Morgan fingerprint density at radius 1 is 1.03 bits per heavy atom. The molecule has 6 heteroatoms. The van der Waals surface area contributed by atoms with Crippen LogP contribution in [0.3, 0.4) is 0 Å². The maximum atomic E-state index is 12.6. The van der Waals surface area contributed by atoms with Crippen LogP contribution in [-0.4, -0.2) is 32.3 Å². The minimum absolute atomic E-state index is 0.0533. The minimum Gasteiger partial charge on any atom is -0.392 e. The molecular weight excluding hydrogens is 424 g/mol. The number of nitrogens with zero attached hydrogens (tertiary/aromatic N) is 2. The van der Waals surface area contributed by atoms with Crippen molar-refractivity contribution in [3.8, 4) is 11.3 Å². The van der Waals surface area contributed by atoms with E-state index in [1.54, 1.807) is 0 Å². The van der Waals surface area contributed by atoms with E-state index in [1.165, 1.54) is 11.1 Å². The molecule has 176 valence electrons. The van der Waals surface area contributed by atoms with Crippen molar-refractivity contribution < 1.29 is 9.90 Å². The van der Waals surface area contributed by atoms with Crippen molar-refractivity contribution in [2.75, 3.05) is 0 Å². The predicted octanol–water partition coefficient (Wildman–Crippen LogP) is 4.80. The summed E-state index contributed by atoms with van der Waals surface area (Å²) in [7, 11) is 0. The first-order chi connectivity index (χ1) is 16.6. The van der Waals surface area contributed by atoms with Gasteiger partial charge in [-0.05, 0) is 61.5 Å². The van der Waals surface area contributed by atoms with Crippen molar-refractivity contribution >= 4 is 6.03 Å². The van der Waals surface area contributed by atoms with Gasteiger partial charge in [0.15, 0.2) is 0 Å². The fraction of sp³-hybridized carbons (Fsp3) is 0.429. The predicted molar refractivity (Wildman–Crippen MR) is 131 cm³/mol. The first-order valence-electron chi connectivity index (χ1n) is 12.5. The van der Waals surface area contributed by atoms with E-state index in [9.17, 15) is 9.90 Å². The van der Waals surface area contributed by atoms with Gasteiger partial charge < -0.3 is 20.3 Å². The van der Waals surface area contributed by atoms with E-state index in [2.05, 4.69) is 44.5 Å². The SMILES string of the molecule is O=C(NCc1ccccc1)NC12CCC(C(O)CC3c4ccccc4-c4cncn43)(CC1)CC2. The molecule has 3 aliphatic carbocycles. The topological polar surface area (TPSA) is 79.2 Å². The quantitative estimate of drug-likeness (QED) is 0.499. The molecule has 3 fully saturated rings. The second-order valence-corrected chi connectivity index (χ2v) is 10.5. The van der Waals surface area contributed by atoms with Crippen LogP contribution in [0.5, 0.6) is 0 Å². The third-order valence-corrected chi connectivity index (χ3v) is 8.73. The van der Waals surface area contributed by atoms with Crippen molar-refractivity contribution in [3.63, 3.8) is 0 Å². The number of fused-ring (bicyclic) bond motifs is 6. The van der Waals surface area contributed by atoms with Gasteiger partial charge in [-0.15, -0.1) is 0 Å². The van der Waals surface area contributed by atoms with Crippen LogP contribution in [0, 0.1) is 5.41 Å². The third kappa shape index (κ3) is 3.61.